The largest absolute Gasteiger partial charge is 0.488 e. The minimum atomic E-state index is -1.11. The monoisotopic (exact) mass is 332 g/mol. The van der Waals surface area contributed by atoms with Crippen molar-refractivity contribution in [1.82, 2.24) is 0 Å². The second-order valence-electron chi connectivity index (χ2n) is 7.93. The number of hydrogen-bond donors (Lipinski definition) is 2. The molecule has 0 amide bonds. The van der Waals surface area contributed by atoms with Gasteiger partial charge in [0.1, 0.15) is 11.4 Å². The van der Waals surface area contributed by atoms with Crippen LogP contribution in [-0.2, 0) is 9.53 Å². The third kappa shape index (κ3) is 2.66. The number of hydrogen-bond acceptors (Lipinski definition) is 4. The van der Waals surface area contributed by atoms with Gasteiger partial charge in [0.15, 0.2) is 5.78 Å². The van der Waals surface area contributed by atoms with Crippen LogP contribution >= 0.6 is 0 Å². The number of aliphatic hydroxyl groups excluding tert-OH is 1. The number of carbonyl (C=O) groups is 1. The molecule has 2 heterocycles. The summed E-state index contributed by atoms with van der Waals surface area (Å²) in [5.41, 5.74) is 0.563. The molecule has 0 unspecified atom stereocenters. The lowest BCUT2D eigenvalue weighted by molar-refractivity contribution is -0.117. The molecule has 0 aromatic heterocycles. The van der Waals surface area contributed by atoms with Gasteiger partial charge in [-0.2, -0.15) is 0 Å². The highest BCUT2D eigenvalue weighted by Crippen LogP contribution is 2.48. The lowest BCUT2D eigenvalue weighted by Gasteiger charge is -2.43. The topological polar surface area (TPSA) is 66.8 Å². The van der Waals surface area contributed by atoms with Crippen LogP contribution in [0.25, 0.3) is 0 Å². The highest BCUT2D eigenvalue weighted by molar-refractivity contribution is 5.96. The summed E-state index contributed by atoms with van der Waals surface area (Å²) in [6.45, 7) is 9.71. The molecule has 0 fully saturated rings. The van der Waals surface area contributed by atoms with Crippen LogP contribution in [0, 0.1) is 5.92 Å². The Hall–Kier alpha value is -1.39. The Labute approximate surface area is 143 Å². The van der Waals surface area contributed by atoms with Crippen molar-refractivity contribution in [2.45, 2.75) is 76.6 Å². The Morgan fingerprint density at radius 1 is 1.33 bits per heavy atom. The van der Waals surface area contributed by atoms with Crippen molar-refractivity contribution in [3.63, 3.8) is 0 Å². The van der Waals surface area contributed by atoms with Crippen molar-refractivity contribution < 1.29 is 19.7 Å². The van der Waals surface area contributed by atoms with Crippen LogP contribution in [0.3, 0.4) is 0 Å². The van der Waals surface area contributed by atoms with Gasteiger partial charge < -0.3 is 14.9 Å². The van der Waals surface area contributed by atoms with Crippen LogP contribution in [0.15, 0.2) is 35.1 Å². The highest BCUT2D eigenvalue weighted by atomic mass is 16.5. The van der Waals surface area contributed by atoms with E-state index in [2.05, 4.69) is 6.58 Å². The average Bonchev–Trinajstić information content (AvgIpc) is 2.62. The van der Waals surface area contributed by atoms with E-state index in [0.717, 1.165) is 12.0 Å². The van der Waals surface area contributed by atoms with Gasteiger partial charge in [-0.3, -0.25) is 4.79 Å². The number of Topliss-reactive ketones (excluding diaryl/α,β-unsaturated/α-hetero) is 1. The molecule has 1 aliphatic carbocycles. The lowest BCUT2D eigenvalue weighted by Crippen LogP contribution is -2.46. The minimum Gasteiger partial charge on any atom is -0.488 e. The van der Waals surface area contributed by atoms with E-state index in [1.807, 2.05) is 26.8 Å². The first-order valence-electron chi connectivity index (χ1n) is 8.86. The molecule has 0 saturated heterocycles. The SMILES string of the molecule is C=C(C)[C@]1(O)CCC2=C3O[C@@](C)(CCC2=O)[C@H](O)CC/C(C)=C\[C@@H]31. The Kier molecular flexibility index (Phi) is 4.25. The lowest BCUT2D eigenvalue weighted by atomic mass is 9.70. The molecule has 0 aromatic carbocycles. The summed E-state index contributed by atoms with van der Waals surface area (Å²) in [4.78, 5) is 12.6. The average molecular weight is 332 g/mol. The van der Waals surface area contributed by atoms with Crippen LogP contribution in [0.2, 0.25) is 0 Å². The molecule has 2 aliphatic heterocycles. The second-order valence-corrected chi connectivity index (χ2v) is 7.93. The standard InChI is InChI=1S/C20H28O4/c1-12(2)20(23)10-7-14-16(21)8-9-19(4)17(22)6-5-13(3)11-15(20)18(14)24-19/h11,15,17,22-23H,1,5-10H2,2-4H3/b13-11-/t15-,17+,19-,20+/m0/s1. The van der Waals surface area contributed by atoms with E-state index >= 15 is 0 Å². The summed E-state index contributed by atoms with van der Waals surface area (Å²) in [5, 5.41) is 22.0. The highest BCUT2D eigenvalue weighted by Gasteiger charge is 2.50. The molecule has 2 N–H and O–H groups in total. The number of fused-ring (bicyclic) bond motifs is 1. The van der Waals surface area contributed by atoms with Crippen LogP contribution in [0.4, 0.5) is 0 Å². The van der Waals surface area contributed by atoms with Crippen molar-refractivity contribution in [2.24, 2.45) is 5.92 Å². The number of carbonyl (C=O) groups excluding carboxylic acids is 1. The van der Waals surface area contributed by atoms with Gasteiger partial charge in [0.25, 0.3) is 0 Å². The molecule has 24 heavy (non-hydrogen) atoms. The van der Waals surface area contributed by atoms with Crippen molar-refractivity contribution in [3.05, 3.63) is 35.1 Å². The zero-order valence-electron chi connectivity index (χ0n) is 14.9. The van der Waals surface area contributed by atoms with E-state index in [9.17, 15) is 15.0 Å². The summed E-state index contributed by atoms with van der Waals surface area (Å²) in [5.74, 6) is 0.226. The van der Waals surface area contributed by atoms with E-state index < -0.39 is 23.2 Å². The molecule has 4 atom stereocenters. The fraction of sp³-hybridized carbons (Fsp3) is 0.650. The smallest absolute Gasteiger partial charge is 0.162 e. The summed E-state index contributed by atoms with van der Waals surface area (Å²) < 4.78 is 6.33. The summed E-state index contributed by atoms with van der Waals surface area (Å²) in [7, 11) is 0. The fourth-order valence-electron chi connectivity index (χ4n) is 4.18. The molecule has 0 saturated carbocycles. The van der Waals surface area contributed by atoms with Gasteiger partial charge in [-0.25, -0.2) is 0 Å². The van der Waals surface area contributed by atoms with Crippen molar-refractivity contribution in [2.75, 3.05) is 0 Å². The Balaban J connectivity index is 2.21. The quantitative estimate of drug-likeness (QED) is 0.724. The first kappa shape index (κ1) is 17.4. The predicted octanol–water partition coefficient (Wildman–Crippen LogP) is 3.20. The summed E-state index contributed by atoms with van der Waals surface area (Å²) in [6.07, 6.45) is 4.56. The summed E-state index contributed by atoms with van der Waals surface area (Å²) in [6, 6.07) is 0. The molecule has 0 spiro atoms. The van der Waals surface area contributed by atoms with Crippen LogP contribution < -0.4 is 0 Å². The molecule has 0 radical (unpaired) electrons. The van der Waals surface area contributed by atoms with E-state index in [-0.39, 0.29) is 5.78 Å². The molecule has 0 aromatic rings. The Morgan fingerprint density at radius 3 is 2.71 bits per heavy atom. The number of ether oxygens (including phenoxy) is 1. The molecule has 3 aliphatic rings. The maximum atomic E-state index is 12.6. The van der Waals surface area contributed by atoms with E-state index in [1.54, 1.807) is 0 Å². The molecular weight excluding hydrogens is 304 g/mol. The zero-order chi connectivity index (χ0) is 17.7. The second kappa shape index (κ2) is 5.85. The van der Waals surface area contributed by atoms with E-state index in [4.69, 9.17) is 4.74 Å². The van der Waals surface area contributed by atoms with Crippen molar-refractivity contribution in [1.29, 1.82) is 0 Å². The molecule has 132 valence electrons. The Bertz CT molecular complexity index is 644. The molecule has 4 heteroatoms. The molecule has 2 bridgehead atoms. The summed E-state index contributed by atoms with van der Waals surface area (Å²) >= 11 is 0. The third-order valence-corrected chi connectivity index (χ3v) is 6.09. The Morgan fingerprint density at radius 2 is 2.04 bits per heavy atom. The number of rotatable bonds is 1. The van der Waals surface area contributed by atoms with E-state index in [1.165, 1.54) is 0 Å². The number of allylic oxidation sites excluding steroid dienone is 2. The predicted molar refractivity (Wildman–Crippen MR) is 92.2 cm³/mol. The van der Waals surface area contributed by atoms with E-state index in [0.29, 0.717) is 49.0 Å². The first-order chi connectivity index (χ1) is 11.2. The number of aliphatic hydroxyl groups is 2. The van der Waals surface area contributed by atoms with Gasteiger partial charge in [0.2, 0.25) is 0 Å². The normalized spacial score (nSPS) is 42.0. The van der Waals surface area contributed by atoms with Crippen LogP contribution in [-0.4, -0.2) is 33.3 Å². The molecule has 4 nitrogen and oxygen atoms in total. The van der Waals surface area contributed by atoms with Crippen molar-refractivity contribution >= 4 is 5.78 Å². The molecule has 3 rings (SSSR count). The first-order valence-corrected chi connectivity index (χ1v) is 8.86. The van der Waals surface area contributed by atoms with Gasteiger partial charge in [-0.15, -0.1) is 0 Å². The van der Waals surface area contributed by atoms with Gasteiger partial charge in [-0.1, -0.05) is 18.2 Å². The third-order valence-electron chi connectivity index (χ3n) is 6.09. The maximum Gasteiger partial charge on any atom is 0.162 e. The van der Waals surface area contributed by atoms with Gasteiger partial charge in [0, 0.05) is 12.0 Å². The zero-order valence-corrected chi connectivity index (χ0v) is 14.9. The number of ketones is 1. The molecular formula is C20H28O4. The maximum absolute atomic E-state index is 12.6. The van der Waals surface area contributed by atoms with Gasteiger partial charge in [-0.05, 0) is 58.4 Å². The fourth-order valence-corrected chi connectivity index (χ4v) is 4.18. The van der Waals surface area contributed by atoms with Gasteiger partial charge in [0.05, 0.1) is 17.6 Å². The van der Waals surface area contributed by atoms with Crippen LogP contribution in [0.5, 0.6) is 0 Å². The van der Waals surface area contributed by atoms with Crippen molar-refractivity contribution in [3.8, 4) is 0 Å². The van der Waals surface area contributed by atoms with Gasteiger partial charge >= 0.3 is 0 Å². The minimum absolute atomic E-state index is 0.0846. The van der Waals surface area contributed by atoms with Crippen LogP contribution in [0.1, 0.15) is 59.3 Å².